The lowest BCUT2D eigenvalue weighted by molar-refractivity contribution is -0.137. The monoisotopic (exact) mass is 324 g/mol. The highest BCUT2D eigenvalue weighted by Crippen LogP contribution is 2.26. The van der Waals surface area contributed by atoms with Gasteiger partial charge in [0.15, 0.2) is 0 Å². The minimum atomic E-state index is -0.311. The topological polar surface area (TPSA) is 79.5 Å². The van der Waals surface area contributed by atoms with Crippen molar-refractivity contribution in [3.63, 3.8) is 0 Å². The van der Waals surface area contributed by atoms with E-state index in [1.807, 2.05) is 31.2 Å². The third-order valence-corrected chi connectivity index (χ3v) is 5.37. The zero-order valence-corrected chi connectivity index (χ0v) is 14.2. The summed E-state index contributed by atoms with van der Waals surface area (Å²) in [6, 6.07) is -0.00477. The smallest absolute Gasteiger partial charge is 0.231 e. The van der Waals surface area contributed by atoms with Crippen molar-refractivity contribution < 1.29 is 9.59 Å². The molecule has 2 amide bonds. The molecule has 1 fully saturated rings. The maximum Gasteiger partial charge on any atom is 0.231 e. The van der Waals surface area contributed by atoms with Gasteiger partial charge in [-0.3, -0.25) is 14.5 Å². The normalized spacial score (nSPS) is 18.1. The molecular formula is C15H24N4O2S. The zero-order valence-electron chi connectivity index (χ0n) is 13.4. The molecule has 0 bridgehead atoms. The highest BCUT2D eigenvalue weighted by Gasteiger charge is 2.30. The Bertz CT molecular complexity index is 537. The quantitative estimate of drug-likeness (QED) is 0.882. The number of hydrogen-bond donors (Lipinski definition) is 1. The van der Waals surface area contributed by atoms with Crippen LogP contribution in [0.3, 0.4) is 0 Å². The first kappa shape index (κ1) is 16.9. The first-order valence-electron chi connectivity index (χ1n) is 7.58. The summed E-state index contributed by atoms with van der Waals surface area (Å²) in [7, 11) is 1.85. The molecule has 0 spiro atoms. The summed E-state index contributed by atoms with van der Waals surface area (Å²) in [6.07, 6.45) is 1.56. The molecule has 7 heteroatoms. The van der Waals surface area contributed by atoms with E-state index in [1.54, 1.807) is 16.2 Å². The molecule has 2 heterocycles. The number of nitrogens with zero attached hydrogens (tertiary/aromatic N) is 3. The Balaban J connectivity index is 1.90. The summed E-state index contributed by atoms with van der Waals surface area (Å²) in [5.74, 6) is -0.119. The van der Waals surface area contributed by atoms with Crippen molar-refractivity contribution in [2.24, 2.45) is 11.7 Å². The third-order valence-electron chi connectivity index (χ3n) is 4.24. The van der Waals surface area contributed by atoms with Crippen molar-refractivity contribution in [3.05, 3.63) is 16.1 Å². The van der Waals surface area contributed by atoms with Crippen molar-refractivity contribution in [1.82, 2.24) is 14.8 Å². The van der Waals surface area contributed by atoms with Gasteiger partial charge in [0, 0.05) is 24.0 Å². The van der Waals surface area contributed by atoms with Gasteiger partial charge in [0.25, 0.3) is 0 Å². The van der Waals surface area contributed by atoms with Gasteiger partial charge >= 0.3 is 0 Å². The van der Waals surface area contributed by atoms with Crippen molar-refractivity contribution in [2.45, 2.75) is 32.7 Å². The number of primary amides is 1. The Kier molecular flexibility index (Phi) is 5.52. The molecule has 1 atom stereocenters. The van der Waals surface area contributed by atoms with Crippen molar-refractivity contribution in [3.8, 4) is 0 Å². The number of carbonyl (C=O) groups is 2. The molecular weight excluding hydrogens is 300 g/mol. The molecule has 1 saturated heterocycles. The largest absolute Gasteiger partial charge is 0.369 e. The molecule has 1 aromatic heterocycles. The lowest BCUT2D eigenvalue weighted by Gasteiger charge is -2.34. The number of thiazole rings is 1. The number of hydrogen-bond acceptors (Lipinski definition) is 5. The van der Waals surface area contributed by atoms with Crippen LogP contribution in [-0.4, -0.2) is 53.3 Å². The molecule has 6 nitrogen and oxygen atoms in total. The number of rotatable bonds is 5. The first-order chi connectivity index (χ1) is 10.4. The van der Waals surface area contributed by atoms with Crippen LogP contribution in [0.2, 0.25) is 0 Å². The lowest BCUT2D eigenvalue weighted by atomic mass is 9.95. The second-order valence-corrected chi connectivity index (χ2v) is 6.86. The third kappa shape index (κ3) is 4.04. The van der Waals surface area contributed by atoms with Gasteiger partial charge in [-0.05, 0) is 39.8 Å². The van der Waals surface area contributed by atoms with E-state index in [9.17, 15) is 9.59 Å². The Labute approximate surface area is 135 Å². The fraction of sp³-hybridized carbons (Fsp3) is 0.667. The van der Waals surface area contributed by atoms with Crippen LogP contribution in [0.15, 0.2) is 5.38 Å². The Morgan fingerprint density at radius 1 is 1.50 bits per heavy atom. The van der Waals surface area contributed by atoms with E-state index >= 15 is 0 Å². The van der Waals surface area contributed by atoms with Gasteiger partial charge in [-0.25, -0.2) is 4.98 Å². The molecule has 1 aromatic rings. The minimum absolute atomic E-state index is 0.00477. The summed E-state index contributed by atoms with van der Waals surface area (Å²) in [5, 5.41) is 2.98. The molecule has 22 heavy (non-hydrogen) atoms. The highest BCUT2D eigenvalue weighted by atomic mass is 32.1. The van der Waals surface area contributed by atoms with E-state index in [2.05, 4.69) is 4.98 Å². The second-order valence-electron chi connectivity index (χ2n) is 5.97. The van der Waals surface area contributed by atoms with Crippen LogP contribution >= 0.6 is 11.3 Å². The first-order valence-corrected chi connectivity index (χ1v) is 8.45. The summed E-state index contributed by atoms with van der Waals surface area (Å²) >= 11 is 1.59. The Morgan fingerprint density at radius 3 is 2.64 bits per heavy atom. The van der Waals surface area contributed by atoms with Crippen LogP contribution in [-0.2, 0) is 9.59 Å². The summed E-state index contributed by atoms with van der Waals surface area (Å²) < 4.78 is 0. The fourth-order valence-corrected chi connectivity index (χ4v) is 3.66. The SMILES string of the molecule is Cc1csc([C@@H](C)N(C)C(=O)C2CCN(CC(N)=O)CC2)n1. The number of amides is 2. The Hall–Kier alpha value is -1.47. The van der Waals surface area contributed by atoms with Crippen LogP contribution < -0.4 is 5.73 Å². The molecule has 0 unspecified atom stereocenters. The standard InChI is InChI=1S/C15H24N4O2S/c1-10-9-22-14(17-10)11(2)18(3)15(21)12-4-6-19(7-5-12)8-13(16)20/h9,11-12H,4-8H2,1-3H3,(H2,16,20)/t11-/m1/s1. The van der Waals surface area contributed by atoms with Gasteiger partial charge in [0.2, 0.25) is 11.8 Å². The van der Waals surface area contributed by atoms with Crippen LogP contribution in [0.5, 0.6) is 0 Å². The van der Waals surface area contributed by atoms with Gasteiger partial charge in [-0.2, -0.15) is 0 Å². The average molecular weight is 324 g/mol. The molecule has 1 aliphatic heterocycles. The van der Waals surface area contributed by atoms with E-state index in [0.29, 0.717) is 0 Å². The minimum Gasteiger partial charge on any atom is -0.369 e. The van der Waals surface area contributed by atoms with E-state index in [1.165, 1.54) is 0 Å². The predicted molar refractivity (Wildman–Crippen MR) is 86.4 cm³/mol. The summed E-state index contributed by atoms with van der Waals surface area (Å²) in [5.41, 5.74) is 6.20. The van der Waals surface area contributed by atoms with E-state index in [-0.39, 0.29) is 30.3 Å². The molecule has 0 aliphatic carbocycles. The molecule has 1 aliphatic rings. The number of piperidine rings is 1. The zero-order chi connectivity index (χ0) is 16.3. The molecule has 2 rings (SSSR count). The number of aromatic nitrogens is 1. The van der Waals surface area contributed by atoms with E-state index in [4.69, 9.17) is 5.73 Å². The van der Waals surface area contributed by atoms with Crippen LogP contribution in [0.4, 0.5) is 0 Å². The lowest BCUT2D eigenvalue weighted by Crippen LogP contribution is -2.44. The summed E-state index contributed by atoms with van der Waals surface area (Å²) in [4.78, 5) is 31.9. The van der Waals surface area contributed by atoms with Crippen molar-refractivity contribution >= 4 is 23.2 Å². The maximum absolute atomic E-state index is 12.6. The molecule has 0 aromatic carbocycles. The second kappa shape index (κ2) is 7.19. The summed E-state index contributed by atoms with van der Waals surface area (Å²) in [6.45, 7) is 5.75. The maximum atomic E-state index is 12.6. The van der Waals surface area contributed by atoms with Gasteiger partial charge in [0.1, 0.15) is 5.01 Å². The van der Waals surface area contributed by atoms with Crippen molar-refractivity contribution in [1.29, 1.82) is 0 Å². The Morgan fingerprint density at radius 2 is 2.14 bits per heavy atom. The number of aryl methyl sites for hydroxylation is 1. The molecule has 122 valence electrons. The van der Waals surface area contributed by atoms with Gasteiger partial charge in [-0.15, -0.1) is 11.3 Å². The predicted octanol–water partition coefficient (Wildman–Crippen LogP) is 1.17. The van der Waals surface area contributed by atoms with Gasteiger partial charge in [0.05, 0.1) is 12.6 Å². The van der Waals surface area contributed by atoms with Gasteiger partial charge < -0.3 is 10.6 Å². The van der Waals surface area contributed by atoms with Crippen LogP contribution in [0.25, 0.3) is 0 Å². The number of nitrogens with two attached hydrogens (primary N) is 1. The highest BCUT2D eigenvalue weighted by molar-refractivity contribution is 7.09. The number of likely N-dealkylation sites (tertiary alicyclic amines) is 1. The number of carbonyl (C=O) groups excluding carboxylic acids is 2. The van der Waals surface area contributed by atoms with Crippen molar-refractivity contribution in [2.75, 3.05) is 26.7 Å². The van der Waals surface area contributed by atoms with Crippen LogP contribution in [0.1, 0.15) is 36.5 Å². The van der Waals surface area contributed by atoms with Crippen LogP contribution in [0, 0.1) is 12.8 Å². The molecule has 0 saturated carbocycles. The average Bonchev–Trinajstić information content (AvgIpc) is 2.91. The molecule has 0 radical (unpaired) electrons. The van der Waals surface area contributed by atoms with E-state index < -0.39 is 0 Å². The van der Waals surface area contributed by atoms with Gasteiger partial charge in [-0.1, -0.05) is 0 Å². The fourth-order valence-electron chi connectivity index (χ4n) is 2.77. The molecule has 2 N–H and O–H groups in total. The van der Waals surface area contributed by atoms with E-state index in [0.717, 1.165) is 36.6 Å².